The largest absolute Gasteiger partial charge is 0.467 e. The lowest BCUT2D eigenvalue weighted by Crippen LogP contribution is -2.33. The average Bonchev–Trinajstić information content (AvgIpc) is 3.45. The van der Waals surface area contributed by atoms with Gasteiger partial charge in [-0.15, -0.1) is 11.8 Å². The zero-order chi connectivity index (χ0) is 21.6. The van der Waals surface area contributed by atoms with Crippen LogP contribution in [0.1, 0.15) is 27.1 Å². The van der Waals surface area contributed by atoms with E-state index in [2.05, 4.69) is 10.2 Å². The summed E-state index contributed by atoms with van der Waals surface area (Å²) in [5.41, 5.74) is 2.73. The van der Waals surface area contributed by atoms with E-state index in [0.717, 1.165) is 23.6 Å². The van der Waals surface area contributed by atoms with E-state index in [1.807, 2.05) is 78.7 Å². The molecule has 1 fully saturated rings. The van der Waals surface area contributed by atoms with E-state index in [-0.39, 0.29) is 17.2 Å². The Balaban J connectivity index is 1.33. The number of anilines is 1. The fraction of sp³-hybridized carbons (Fsp3) is 0.250. The number of hydrogen-bond acceptors (Lipinski definition) is 5. The van der Waals surface area contributed by atoms with Crippen LogP contribution in [0.5, 0.6) is 0 Å². The molecule has 7 heteroatoms. The Morgan fingerprint density at radius 2 is 1.90 bits per heavy atom. The van der Waals surface area contributed by atoms with Crippen LogP contribution in [0.25, 0.3) is 0 Å². The maximum absolute atomic E-state index is 12.5. The van der Waals surface area contributed by atoms with Crippen LogP contribution >= 0.6 is 11.8 Å². The van der Waals surface area contributed by atoms with Crippen LogP contribution in [0.2, 0.25) is 0 Å². The van der Waals surface area contributed by atoms with Crippen LogP contribution in [0, 0.1) is 0 Å². The molecule has 2 heterocycles. The van der Waals surface area contributed by atoms with Gasteiger partial charge >= 0.3 is 0 Å². The predicted molar refractivity (Wildman–Crippen MR) is 123 cm³/mol. The number of nitrogens with zero attached hydrogens (tertiary/aromatic N) is 2. The van der Waals surface area contributed by atoms with E-state index in [9.17, 15) is 9.59 Å². The number of amides is 2. The molecule has 2 aromatic carbocycles. The number of rotatable bonds is 8. The van der Waals surface area contributed by atoms with Crippen molar-refractivity contribution in [1.29, 1.82) is 0 Å². The number of hydrogen-bond donors (Lipinski definition) is 1. The normalized spacial score (nSPS) is 15.8. The molecule has 4 rings (SSSR count). The van der Waals surface area contributed by atoms with Crippen LogP contribution in [-0.4, -0.2) is 42.6 Å². The van der Waals surface area contributed by atoms with E-state index in [1.54, 1.807) is 18.0 Å². The summed E-state index contributed by atoms with van der Waals surface area (Å²) in [7, 11) is 2.01. The minimum absolute atomic E-state index is 0.0748. The molecular weight excluding hydrogens is 410 g/mol. The number of furan rings is 1. The highest BCUT2D eigenvalue weighted by Crippen LogP contribution is 2.39. The zero-order valence-electron chi connectivity index (χ0n) is 17.4. The molecule has 0 aliphatic carbocycles. The van der Waals surface area contributed by atoms with Gasteiger partial charge in [0, 0.05) is 31.4 Å². The molecule has 1 atom stereocenters. The third-order valence-corrected chi connectivity index (χ3v) is 6.52. The number of nitrogens with one attached hydrogen (secondary N) is 1. The van der Waals surface area contributed by atoms with Crippen LogP contribution in [0.15, 0.2) is 77.4 Å². The van der Waals surface area contributed by atoms with Gasteiger partial charge in [-0.25, -0.2) is 0 Å². The van der Waals surface area contributed by atoms with E-state index >= 15 is 0 Å². The van der Waals surface area contributed by atoms with Crippen molar-refractivity contribution in [3.05, 3.63) is 89.9 Å². The number of para-hydroxylation sites is 1. The summed E-state index contributed by atoms with van der Waals surface area (Å²) in [6.07, 6.45) is 1.61. The summed E-state index contributed by atoms with van der Waals surface area (Å²) in [6, 6.07) is 21.3. The third-order valence-electron chi connectivity index (χ3n) is 5.26. The quantitative estimate of drug-likeness (QED) is 0.581. The Kier molecular flexibility index (Phi) is 6.62. The maximum atomic E-state index is 12.5. The predicted octanol–water partition coefficient (Wildman–Crippen LogP) is 3.92. The number of benzene rings is 2. The number of carbonyl (C=O) groups is 2. The number of thioether (sulfide) groups is 1. The van der Waals surface area contributed by atoms with Crippen molar-refractivity contribution < 1.29 is 14.0 Å². The van der Waals surface area contributed by atoms with Crippen molar-refractivity contribution in [2.24, 2.45) is 0 Å². The number of carbonyl (C=O) groups excluding carboxylic acids is 2. The van der Waals surface area contributed by atoms with Gasteiger partial charge in [0.25, 0.3) is 5.91 Å². The van der Waals surface area contributed by atoms with Crippen molar-refractivity contribution in [3.8, 4) is 0 Å². The lowest BCUT2D eigenvalue weighted by molar-refractivity contribution is -0.128. The molecule has 31 heavy (non-hydrogen) atoms. The highest BCUT2D eigenvalue weighted by molar-refractivity contribution is 8.00. The third kappa shape index (κ3) is 5.11. The van der Waals surface area contributed by atoms with Crippen molar-refractivity contribution in [1.82, 2.24) is 10.2 Å². The first-order chi connectivity index (χ1) is 15.1. The van der Waals surface area contributed by atoms with Crippen LogP contribution < -0.4 is 10.2 Å². The van der Waals surface area contributed by atoms with Crippen LogP contribution in [0.4, 0.5) is 5.69 Å². The van der Waals surface area contributed by atoms with Gasteiger partial charge in [0.05, 0.1) is 18.6 Å². The molecule has 6 nitrogen and oxygen atoms in total. The minimum Gasteiger partial charge on any atom is -0.467 e. The molecule has 0 radical (unpaired) electrons. The summed E-state index contributed by atoms with van der Waals surface area (Å²) >= 11 is 1.59. The lowest BCUT2D eigenvalue weighted by atomic mass is 10.1. The van der Waals surface area contributed by atoms with Crippen LogP contribution in [0.3, 0.4) is 0 Å². The molecule has 0 spiro atoms. The highest BCUT2D eigenvalue weighted by atomic mass is 32.2. The summed E-state index contributed by atoms with van der Waals surface area (Å²) in [5, 5.41) is 2.90. The molecule has 1 aliphatic rings. The Morgan fingerprint density at radius 1 is 1.13 bits per heavy atom. The minimum atomic E-state index is -0.101. The maximum Gasteiger partial charge on any atom is 0.251 e. The smallest absolute Gasteiger partial charge is 0.251 e. The summed E-state index contributed by atoms with van der Waals surface area (Å²) in [6.45, 7) is 1.72. The van der Waals surface area contributed by atoms with E-state index < -0.39 is 0 Å². The van der Waals surface area contributed by atoms with Gasteiger partial charge < -0.3 is 19.5 Å². The highest BCUT2D eigenvalue weighted by Gasteiger charge is 2.33. The molecule has 160 valence electrons. The second-order valence-electron chi connectivity index (χ2n) is 7.40. The molecule has 0 unspecified atom stereocenters. The first-order valence-electron chi connectivity index (χ1n) is 10.2. The first-order valence-corrected chi connectivity index (χ1v) is 11.2. The summed E-state index contributed by atoms with van der Waals surface area (Å²) in [4.78, 5) is 28.8. The van der Waals surface area contributed by atoms with E-state index in [0.29, 0.717) is 24.4 Å². The van der Waals surface area contributed by atoms with Crippen molar-refractivity contribution in [2.45, 2.75) is 11.9 Å². The Morgan fingerprint density at radius 3 is 2.61 bits per heavy atom. The second kappa shape index (κ2) is 9.75. The fourth-order valence-electron chi connectivity index (χ4n) is 3.52. The van der Waals surface area contributed by atoms with Gasteiger partial charge in [0.2, 0.25) is 5.91 Å². The average molecular weight is 436 g/mol. The monoisotopic (exact) mass is 435 g/mol. The topological polar surface area (TPSA) is 65.8 Å². The Bertz CT molecular complexity index is 1010. The van der Waals surface area contributed by atoms with Gasteiger partial charge in [0.15, 0.2) is 0 Å². The molecule has 0 bridgehead atoms. The molecule has 1 N–H and O–H groups in total. The molecule has 1 aliphatic heterocycles. The molecular formula is C24H25N3O3S. The molecule has 1 aromatic heterocycles. The van der Waals surface area contributed by atoms with Crippen molar-refractivity contribution in [2.75, 3.05) is 30.8 Å². The van der Waals surface area contributed by atoms with Gasteiger partial charge in [-0.3, -0.25) is 9.59 Å². The van der Waals surface area contributed by atoms with Gasteiger partial charge in [-0.2, -0.15) is 0 Å². The SMILES string of the molecule is CN(CCNC(=O)c1ccc([C@@H]2SCC(=O)N2Cc2ccco2)cc1)c1ccccc1. The zero-order valence-corrected chi connectivity index (χ0v) is 18.2. The van der Waals surface area contributed by atoms with Crippen molar-refractivity contribution >= 4 is 29.3 Å². The summed E-state index contributed by atoms with van der Waals surface area (Å²) < 4.78 is 5.40. The molecule has 3 aromatic rings. The van der Waals surface area contributed by atoms with Crippen LogP contribution in [-0.2, 0) is 11.3 Å². The molecule has 0 saturated carbocycles. The van der Waals surface area contributed by atoms with E-state index in [1.165, 1.54) is 0 Å². The fourth-order valence-corrected chi connectivity index (χ4v) is 4.71. The van der Waals surface area contributed by atoms with Gasteiger partial charge in [0.1, 0.15) is 11.1 Å². The standard InChI is InChI=1S/C24H25N3O3S/c1-26(20-6-3-2-4-7-20)14-13-25-23(29)18-9-11-19(12-10-18)24-27(22(28)17-31-24)16-21-8-5-15-30-21/h2-12,15,24H,13-14,16-17H2,1H3,(H,25,29)/t24-/m0/s1. The molecule has 1 saturated heterocycles. The van der Waals surface area contributed by atoms with Gasteiger partial charge in [-0.05, 0) is 42.0 Å². The lowest BCUT2D eigenvalue weighted by Gasteiger charge is -2.23. The van der Waals surface area contributed by atoms with Gasteiger partial charge in [-0.1, -0.05) is 30.3 Å². The molecule has 2 amide bonds. The summed E-state index contributed by atoms with van der Waals surface area (Å²) in [5.74, 6) is 1.20. The second-order valence-corrected chi connectivity index (χ2v) is 8.47. The van der Waals surface area contributed by atoms with E-state index in [4.69, 9.17) is 4.42 Å². The Hall–Kier alpha value is -3.19. The number of likely N-dealkylation sites (N-methyl/N-ethyl adjacent to an activating group) is 1. The Labute approximate surface area is 186 Å². The first kappa shape index (κ1) is 21.1. The van der Waals surface area contributed by atoms with Crippen molar-refractivity contribution in [3.63, 3.8) is 0 Å².